The van der Waals surface area contributed by atoms with Gasteiger partial charge in [-0.2, -0.15) is 5.10 Å². The first-order chi connectivity index (χ1) is 14.2. The molecule has 29 heavy (non-hydrogen) atoms. The van der Waals surface area contributed by atoms with E-state index in [9.17, 15) is 4.79 Å². The molecule has 0 unspecified atom stereocenters. The van der Waals surface area contributed by atoms with E-state index in [2.05, 4.69) is 22.4 Å². The average Bonchev–Trinajstić information content (AvgIpc) is 3.12. The van der Waals surface area contributed by atoms with Crippen LogP contribution in [-0.4, -0.2) is 23.7 Å². The van der Waals surface area contributed by atoms with Gasteiger partial charge in [-0.3, -0.25) is 4.79 Å². The molecule has 0 saturated heterocycles. The fourth-order valence-electron chi connectivity index (χ4n) is 3.80. The number of carbonyl (C=O) groups excluding carboxylic acids is 1. The maximum atomic E-state index is 12.6. The second-order valence-corrected chi connectivity index (χ2v) is 7.52. The zero-order valence-corrected chi connectivity index (χ0v) is 16.8. The Balaban J connectivity index is 1.42. The standard InChI is InChI=1S/C24H27N3O2/c1-2-3-13-29-19-8-6-7-17(14-19)16-25-27-24(28)18-11-12-23-21(15-18)20-9-4-5-10-22(20)26-23/h6-8,11-12,14-16,26H,2-5,9-10,13H2,1H3,(H,27,28)/b25-16-. The van der Waals surface area contributed by atoms with E-state index in [0.29, 0.717) is 12.2 Å². The van der Waals surface area contributed by atoms with E-state index in [1.165, 1.54) is 24.1 Å². The van der Waals surface area contributed by atoms with E-state index in [1.807, 2.05) is 42.5 Å². The topological polar surface area (TPSA) is 66.5 Å². The highest BCUT2D eigenvalue weighted by Gasteiger charge is 2.16. The molecule has 0 fully saturated rings. The van der Waals surface area contributed by atoms with Gasteiger partial charge in [0, 0.05) is 22.2 Å². The van der Waals surface area contributed by atoms with Crippen LogP contribution < -0.4 is 10.2 Å². The fraction of sp³-hybridized carbons (Fsp3) is 0.333. The largest absolute Gasteiger partial charge is 0.494 e. The van der Waals surface area contributed by atoms with Crippen LogP contribution in [-0.2, 0) is 12.8 Å². The lowest BCUT2D eigenvalue weighted by atomic mass is 9.95. The number of benzene rings is 2. The number of aromatic amines is 1. The van der Waals surface area contributed by atoms with E-state index in [1.54, 1.807) is 6.21 Å². The first-order valence-electron chi connectivity index (χ1n) is 10.4. The Morgan fingerprint density at radius 2 is 2.10 bits per heavy atom. The van der Waals surface area contributed by atoms with Crippen molar-refractivity contribution >= 4 is 23.0 Å². The van der Waals surface area contributed by atoms with Crippen LogP contribution in [0.15, 0.2) is 47.6 Å². The summed E-state index contributed by atoms with van der Waals surface area (Å²) in [5.74, 6) is 0.612. The first-order valence-corrected chi connectivity index (χ1v) is 10.4. The Bertz CT molecular complexity index is 1040. The van der Waals surface area contributed by atoms with Crippen LogP contribution in [0.3, 0.4) is 0 Å². The zero-order valence-electron chi connectivity index (χ0n) is 16.8. The van der Waals surface area contributed by atoms with Crippen molar-refractivity contribution in [3.8, 4) is 5.75 Å². The van der Waals surface area contributed by atoms with Gasteiger partial charge >= 0.3 is 0 Å². The molecule has 2 aromatic carbocycles. The fourth-order valence-corrected chi connectivity index (χ4v) is 3.80. The molecule has 0 bridgehead atoms. The highest BCUT2D eigenvalue weighted by atomic mass is 16.5. The summed E-state index contributed by atoms with van der Waals surface area (Å²) in [6.45, 7) is 2.84. The third-order valence-corrected chi connectivity index (χ3v) is 5.36. The summed E-state index contributed by atoms with van der Waals surface area (Å²) in [6, 6.07) is 13.5. The molecule has 0 radical (unpaired) electrons. The zero-order chi connectivity index (χ0) is 20.1. The molecule has 150 valence electrons. The minimum Gasteiger partial charge on any atom is -0.494 e. The highest BCUT2D eigenvalue weighted by molar-refractivity contribution is 5.99. The normalized spacial score (nSPS) is 13.6. The first kappa shape index (κ1) is 19.2. The average molecular weight is 389 g/mol. The van der Waals surface area contributed by atoms with Crippen LogP contribution in [0.2, 0.25) is 0 Å². The van der Waals surface area contributed by atoms with Gasteiger partial charge in [0.2, 0.25) is 0 Å². The number of aryl methyl sites for hydroxylation is 2. The Labute approximate surface area is 171 Å². The third kappa shape index (κ3) is 4.50. The molecule has 1 aromatic heterocycles. The smallest absolute Gasteiger partial charge is 0.271 e. The quantitative estimate of drug-likeness (QED) is 0.340. The number of ether oxygens (including phenoxy) is 1. The summed E-state index contributed by atoms with van der Waals surface area (Å²) in [5.41, 5.74) is 7.94. The molecule has 5 heteroatoms. The molecule has 0 spiro atoms. The Morgan fingerprint density at radius 1 is 1.21 bits per heavy atom. The minimum atomic E-state index is -0.204. The predicted molar refractivity (Wildman–Crippen MR) is 117 cm³/mol. The molecule has 2 N–H and O–H groups in total. The Kier molecular flexibility index (Phi) is 5.94. The van der Waals surface area contributed by atoms with E-state index >= 15 is 0 Å². The summed E-state index contributed by atoms with van der Waals surface area (Å²) >= 11 is 0. The number of hydrazone groups is 1. The van der Waals surface area contributed by atoms with Gasteiger partial charge in [0.25, 0.3) is 5.91 Å². The molecular weight excluding hydrogens is 362 g/mol. The number of fused-ring (bicyclic) bond motifs is 3. The second kappa shape index (κ2) is 8.95. The van der Waals surface area contributed by atoms with E-state index in [-0.39, 0.29) is 5.91 Å². The second-order valence-electron chi connectivity index (χ2n) is 7.52. The van der Waals surface area contributed by atoms with Crippen molar-refractivity contribution in [3.63, 3.8) is 0 Å². The number of hydrogen-bond acceptors (Lipinski definition) is 3. The minimum absolute atomic E-state index is 0.204. The Hall–Kier alpha value is -3.08. The molecule has 0 aliphatic heterocycles. The predicted octanol–water partition coefficient (Wildman–Crippen LogP) is 4.99. The van der Waals surface area contributed by atoms with Crippen molar-refractivity contribution in [2.75, 3.05) is 6.61 Å². The van der Waals surface area contributed by atoms with Crippen molar-refractivity contribution in [1.29, 1.82) is 0 Å². The Morgan fingerprint density at radius 3 is 3.00 bits per heavy atom. The molecule has 1 heterocycles. The SMILES string of the molecule is CCCCOc1cccc(/C=N\NC(=O)c2ccc3[nH]c4c(c3c2)CCCC4)c1. The molecule has 4 rings (SSSR count). The highest BCUT2D eigenvalue weighted by Crippen LogP contribution is 2.29. The maximum absolute atomic E-state index is 12.6. The number of amides is 1. The van der Waals surface area contributed by atoms with Crippen LogP contribution in [0, 0.1) is 0 Å². The monoisotopic (exact) mass is 389 g/mol. The van der Waals surface area contributed by atoms with Crippen molar-refractivity contribution in [1.82, 2.24) is 10.4 Å². The number of unbranched alkanes of at least 4 members (excludes halogenated alkanes) is 1. The molecular formula is C24H27N3O2. The van der Waals surface area contributed by atoms with Gasteiger partial charge in [0.05, 0.1) is 12.8 Å². The van der Waals surface area contributed by atoms with Crippen LogP contribution in [0.25, 0.3) is 10.9 Å². The van der Waals surface area contributed by atoms with Crippen LogP contribution in [0.4, 0.5) is 0 Å². The molecule has 0 saturated carbocycles. The van der Waals surface area contributed by atoms with Gasteiger partial charge in [-0.1, -0.05) is 25.5 Å². The number of aromatic nitrogens is 1. The molecule has 1 aliphatic carbocycles. The molecule has 1 amide bonds. The van der Waals surface area contributed by atoms with Crippen molar-refractivity contribution < 1.29 is 9.53 Å². The number of H-pyrrole nitrogens is 1. The van der Waals surface area contributed by atoms with E-state index < -0.39 is 0 Å². The summed E-state index contributed by atoms with van der Waals surface area (Å²) in [5, 5.41) is 5.28. The van der Waals surface area contributed by atoms with Gasteiger partial charge in [-0.05, 0) is 73.6 Å². The lowest BCUT2D eigenvalue weighted by molar-refractivity contribution is 0.0955. The summed E-state index contributed by atoms with van der Waals surface area (Å²) in [6.07, 6.45) is 8.38. The summed E-state index contributed by atoms with van der Waals surface area (Å²) < 4.78 is 5.71. The van der Waals surface area contributed by atoms with Gasteiger partial charge in [0.1, 0.15) is 5.75 Å². The van der Waals surface area contributed by atoms with Gasteiger partial charge < -0.3 is 9.72 Å². The molecule has 1 aliphatic rings. The lowest BCUT2D eigenvalue weighted by Gasteiger charge is -2.10. The number of carbonyl (C=O) groups is 1. The van der Waals surface area contributed by atoms with Crippen LogP contribution in [0.5, 0.6) is 5.75 Å². The van der Waals surface area contributed by atoms with Gasteiger partial charge in [-0.25, -0.2) is 5.43 Å². The van der Waals surface area contributed by atoms with Crippen LogP contribution in [0.1, 0.15) is 59.8 Å². The molecule has 5 nitrogen and oxygen atoms in total. The summed E-state index contributed by atoms with van der Waals surface area (Å²) in [4.78, 5) is 16.0. The van der Waals surface area contributed by atoms with Crippen molar-refractivity contribution in [3.05, 3.63) is 64.8 Å². The van der Waals surface area contributed by atoms with Gasteiger partial charge in [-0.15, -0.1) is 0 Å². The van der Waals surface area contributed by atoms with E-state index in [0.717, 1.165) is 47.9 Å². The molecule has 0 atom stereocenters. The number of nitrogens with one attached hydrogen (secondary N) is 2. The third-order valence-electron chi connectivity index (χ3n) is 5.36. The van der Waals surface area contributed by atoms with Crippen molar-refractivity contribution in [2.24, 2.45) is 5.10 Å². The van der Waals surface area contributed by atoms with Crippen molar-refractivity contribution in [2.45, 2.75) is 45.4 Å². The van der Waals surface area contributed by atoms with Crippen LogP contribution >= 0.6 is 0 Å². The molecule has 3 aromatic rings. The van der Waals surface area contributed by atoms with E-state index in [4.69, 9.17) is 4.74 Å². The van der Waals surface area contributed by atoms with Gasteiger partial charge in [0.15, 0.2) is 0 Å². The maximum Gasteiger partial charge on any atom is 0.271 e. The number of nitrogens with zero attached hydrogens (tertiary/aromatic N) is 1. The number of hydrogen-bond donors (Lipinski definition) is 2. The lowest BCUT2D eigenvalue weighted by Crippen LogP contribution is -2.17. The number of rotatable bonds is 7. The summed E-state index contributed by atoms with van der Waals surface area (Å²) in [7, 11) is 0.